The number of hydroxylamine groups is 2. The Morgan fingerprint density at radius 1 is 1.08 bits per heavy atom. The van der Waals surface area contributed by atoms with Gasteiger partial charge in [-0.25, -0.2) is 9.97 Å². The number of nitrogens with zero attached hydrogens (tertiary/aromatic N) is 4. The minimum Gasteiger partial charge on any atom is -0.417 e. The lowest BCUT2D eigenvalue weighted by Crippen LogP contribution is -2.61. The van der Waals surface area contributed by atoms with Crippen molar-refractivity contribution in [1.82, 2.24) is 20.0 Å². The molecule has 130 valence electrons. The molecule has 3 aromatic rings. The van der Waals surface area contributed by atoms with Crippen LogP contribution in [0.1, 0.15) is 19.3 Å². The molecule has 0 N–H and O–H groups in total. The molecular weight excluding hydrogens is 344 g/mol. The molecule has 1 unspecified atom stereocenters. The highest BCUT2D eigenvalue weighted by Gasteiger charge is 2.48. The summed E-state index contributed by atoms with van der Waals surface area (Å²) < 4.78 is 17.3. The number of aromatic nitrogens is 3. The van der Waals surface area contributed by atoms with Crippen molar-refractivity contribution in [3.05, 3.63) is 48.4 Å². The van der Waals surface area contributed by atoms with Crippen LogP contribution < -0.4 is 14.3 Å². The van der Waals surface area contributed by atoms with Crippen LogP contribution in [0.4, 0.5) is 0 Å². The number of pyridine rings is 1. The van der Waals surface area contributed by atoms with Crippen molar-refractivity contribution in [3.63, 3.8) is 0 Å². The van der Waals surface area contributed by atoms with E-state index >= 15 is 0 Å². The highest BCUT2D eigenvalue weighted by atomic mass is 32.1. The van der Waals surface area contributed by atoms with Gasteiger partial charge in [-0.15, -0.1) is 0 Å². The summed E-state index contributed by atoms with van der Waals surface area (Å²) in [6, 6.07) is 5.45. The summed E-state index contributed by atoms with van der Waals surface area (Å²) in [7, 11) is 0. The van der Waals surface area contributed by atoms with Gasteiger partial charge in [-0.1, -0.05) is 22.5 Å². The van der Waals surface area contributed by atoms with Crippen LogP contribution in [0.3, 0.4) is 0 Å². The first-order valence-corrected chi connectivity index (χ1v) is 8.76. The molecule has 0 saturated carbocycles. The third kappa shape index (κ3) is 3.57. The maximum absolute atomic E-state index is 6.10. The molecule has 1 fully saturated rings. The molecule has 1 aliphatic heterocycles. The molecule has 0 radical (unpaired) electrons. The summed E-state index contributed by atoms with van der Waals surface area (Å²) in [6.07, 6.45) is 8.79. The van der Waals surface area contributed by atoms with Crippen LogP contribution in [-0.2, 0) is 0 Å². The lowest BCUT2D eigenvalue weighted by Gasteiger charge is -2.41. The fraction of sp³-hybridized carbons (Fsp3) is 0.312. The SMILES string of the molecule is c1ccc(ON2CCCCC2(Oc2ncco2)Oc2nccs2)nc1. The predicted molar refractivity (Wildman–Crippen MR) is 88.0 cm³/mol. The van der Waals surface area contributed by atoms with Crippen molar-refractivity contribution in [2.24, 2.45) is 0 Å². The Morgan fingerprint density at radius 3 is 2.84 bits per heavy atom. The summed E-state index contributed by atoms with van der Waals surface area (Å²) in [5, 5.41) is 3.94. The highest BCUT2D eigenvalue weighted by molar-refractivity contribution is 7.11. The molecule has 1 saturated heterocycles. The Kier molecular flexibility index (Phi) is 4.49. The van der Waals surface area contributed by atoms with E-state index in [0.29, 0.717) is 24.0 Å². The standard InChI is InChI=1S/C16H16N4O4S/c1-3-7-17-13(5-1)24-20-10-4-2-6-16(20,22-14-18-8-11-21-14)23-15-19-9-12-25-15/h1,3,5,7-9,11-12H,2,4,6,10H2. The van der Waals surface area contributed by atoms with Crippen molar-refractivity contribution >= 4 is 11.3 Å². The van der Waals surface area contributed by atoms with E-state index in [2.05, 4.69) is 15.0 Å². The number of ether oxygens (including phenoxy) is 2. The topological polar surface area (TPSA) is 82.7 Å². The van der Waals surface area contributed by atoms with Crippen LogP contribution in [0, 0.1) is 0 Å². The molecule has 3 aromatic heterocycles. The van der Waals surface area contributed by atoms with Crippen LogP contribution in [0.15, 0.2) is 52.9 Å². The molecule has 0 amide bonds. The van der Waals surface area contributed by atoms with Gasteiger partial charge in [0, 0.05) is 36.8 Å². The summed E-state index contributed by atoms with van der Waals surface area (Å²) in [6.45, 7) is 0.600. The van der Waals surface area contributed by atoms with E-state index in [-0.39, 0.29) is 6.08 Å². The maximum Gasteiger partial charge on any atom is 0.397 e. The average molecular weight is 360 g/mol. The molecule has 4 rings (SSSR count). The maximum atomic E-state index is 6.10. The van der Waals surface area contributed by atoms with Gasteiger partial charge >= 0.3 is 12.0 Å². The smallest absolute Gasteiger partial charge is 0.397 e. The molecule has 25 heavy (non-hydrogen) atoms. The summed E-state index contributed by atoms with van der Waals surface area (Å²) in [4.78, 5) is 18.4. The molecule has 9 heteroatoms. The second kappa shape index (κ2) is 7.08. The van der Waals surface area contributed by atoms with Crippen LogP contribution in [0.25, 0.3) is 0 Å². The number of hydrogen-bond acceptors (Lipinski definition) is 9. The highest BCUT2D eigenvalue weighted by Crippen LogP contribution is 2.34. The molecule has 0 spiro atoms. The molecular formula is C16H16N4O4S. The van der Waals surface area contributed by atoms with Crippen molar-refractivity contribution in [3.8, 4) is 17.2 Å². The van der Waals surface area contributed by atoms with Crippen molar-refractivity contribution in [2.75, 3.05) is 6.54 Å². The zero-order valence-electron chi connectivity index (χ0n) is 13.3. The quantitative estimate of drug-likeness (QED) is 0.620. The number of hydrogen-bond donors (Lipinski definition) is 0. The molecule has 1 atom stereocenters. The Bertz CT molecular complexity index is 731. The van der Waals surface area contributed by atoms with E-state index in [9.17, 15) is 0 Å². The Hall–Kier alpha value is -2.65. The number of oxazole rings is 1. The molecule has 0 aromatic carbocycles. The first-order valence-electron chi connectivity index (χ1n) is 7.88. The van der Waals surface area contributed by atoms with Crippen molar-refractivity contribution in [1.29, 1.82) is 0 Å². The fourth-order valence-electron chi connectivity index (χ4n) is 2.55. The first kappa shape index (κ1) is 15.9. The van der Waals surface area contributed by atoms with E-state index < -0.39 is 5.91 Å². The van der Waals surface area contributed by atoms with Gasteiger partial charge in [-0.05, 0) is 18.9 Å². The summed E-state index contributed by atoms with van der Waals surface area (Å²) in [5.74, 6) is -0.786. The number of thiazole rings is 1. The Balaban J connectivity index is 1.65. The second-order valence-electron chi connectivity index (χ2n) is 5.33. The molecule has 0 bridgehead atoms. The third-order valence-electron chi connectivity index (χ3n) is 3.64. The molecule has 8 nitrogen and oxygen atoms in total. The normalized spacial score (nSPS) is 21.0. The Labute approximate surface area is 148 Å². The minimum atomic E-state index is -1.24. The van der Waals surface area contributed by atoms with Crippen LogP contribution >= 0.6 is 11.3 Å². The monoisotopic (exact) mass is 360 g/mol. The molecule has 4 heterocycles. The van der Waals surface area contributed by atoms with Gasteiger partial charge < -0.3 is 18.7 Å². The summed E-state index contributed by atoms with van der Waals surface area (Å²) >= 11 is 1.37. The van der Waals surface area contributed by atoms with Crippen LogP contribution in [0.5, 0.6) is 17.2 Å². The lowest BCUT2D eigenvalue weighted by atomic mass is 10.1. The van der Waals surface area contributed by atoms with E-state index in [1.54, 1.807) is 23.5 Å². The van der Waals surface area contributed by atoms with Gasteiger partial charge in [0.25, 0.3) is 5.19 Å². The summed E-state index contributed by atoms with van der Waals surface area (Å²) in [5.41, 5.74) is 0. The lowest BCUT2D eigenvalue weighted by molar-refractivity contribution is -0.335. The fourth-order valence-corrected chi connectivity index (χ4v) is 3.09. The third-order valence-corrected chi connectivity index (χ3v) is 4.29. The van der Waals surface area contributed by atoms with Crippen LogP contribution in [0.2, 0.25) is 0 Å². The van der Waals surface area contributed by atoms with Gasteiger partial charge in [-0.3, -0.25) is 0 Å². The van der Waals surface area contributed by atoms with Gasteiger partial charge in [0.1, 0.15) is 6.26 Å². The van der Waals surface area contributed by atoms with E-state index in [1.165, 1.54) is 23.8 Å². The zero-order chi connectivity index (χ0) is 17.0. The van der Waals surface area contributed by atoms with E-state index in [0.717, 1.165) is 12.8 Å². The largest absolute Gasteiger partial charge is 0.417 e. The van der Waals surface area contributed by atoms with E-state index in [4.69, 9.17) is 18.7 Å². The average Bonchev–Trinajstić information content (AvgIpc) is 3.32. The van der Waals surface area contributed by atoms with Gasteiger partial charge in [-0.2, -0.15) is 4.98 Å². The molecule has 1 aliphatic rings. The minimum absolute atomic E-state index is 0.105. The first-order chi connectivity index (χ1) is 12.3. The van der Waals surface area contributed by atoms with Gasteiger partial charge in [0.15, 0.2) is 0 Å². The number of piperidine rings is 1. The van der Waals surface area contributed by atoms with Crippen molar-refractivity contribution < 1.29 is 18.7 Å². The number of rotatable bonds is 6. The predicted octanol–water partition coefficient (Wildman–Crippen LogP) is 3.12. The Morgan fingerprint density at radius 2 is 2.08 bits per heavy atom. The van der Waals surface area contributed by atoms with Crippen molar-refractivity contribution in [2.45, 2.75) is 25.2 Å². The van der Waals surface area contributed by atoms with Crippen LogP contribution in [-0.4, -0.2) is 32.5 Å². The van der Waals surface area contributed by atoms with E-state index in [1.807, 2.05) is 17.5 Å². The zero-order valence-corrected chi connectivity index (χ0v) is 14.1. The van der Waals surface area contributed by atoms with Gasteiger partial charge in [0.2, 0.25) is 5.88 Å². The second-order valence-corrected chi connectivity index (χ2v) is 6.19. The molecule has 0 aliphatic carbocycles. The van der Waals surface area contributed by atoms with Gasteiger partial charge in [0.05, 0.1) is 6.20 Å².